The number of ketones is 1. The summed E-state index contributed by atoms with van der Waals surface area (Å²) in [6, 6.07) is 0. The lowest BCUT2D eigenvalue weighted by molar-refractivity contribution is -0.146. The lowest BCUT2D eigenvalue weighted by Gasteiger charge is -2.24. The molecule has 0 aliphatic carbocycles. The molecule has 5 N–H and O–H groups in total. The molecule has 0 saturated heterocycles. The molecule has 15 heavy (non-hydrogen) atoms. The predicted octanol–water partition coefficient (Wildman–Crippen LogP) is -2.69. The Morgan fingerprint density at radius 3 is 2.07 bits per heavy atom. The minimum Gasteiger partial charge on any atom is -0.394 e. The Hall–Kier alpha value is -0.180. The van der Waals surface area contributed by atoms with Gasteiger partial charge in [-0.15, -0.1) is 0 Å². The van der Waals surface area contributed by atoms with E-state index in [1.54, 1.807) is 0 Å². The normalized spacial score (nSPS) is 19.3. The molecule has 6 nitrogen and oxygen atoms in total. The van der Waals surface area contributed by atoms with E-state index in [0.717, 1.165) is 0 Å². The van der Waals surface area contributed by atoms with Crippen LogP contribution in [-0.4, -0.2) is 68.1 Å². The van der Waals surface area contributed by atoms with Gasteiger partial charge in [0.1, 0.15) is 24.4 Å². The van der Waals surface area contributed by atoms with Gasteiger partial charge in [-0.3, -0.25) is 4.79 Å². The molecule has 0 aromatic heterocycles. The Morgan fingerprint density at radius 1 is 1.13 bits per heavy atom. The van der Waals surface area contributed by atoms with Gasteiger partial charge in [0, 0.05) is 6.42 Å². The topological polar surface area (TPSA) is 118 Å². The Kier molecular flexibility index (Phi) is 7.07. The first-order chi connectivity index (χ1) is 6.95. The highest BCUT2D eigenvalue weighted by Crippen LogP contribution is 2.07. The molecule has 0 amide bonds. The van der Waals surface area contributed by atoms with Gasteiger partial charge in [-0.2, -0.15) is 12.6 Å². The van der Waals surface area contributed by atoms with Crippen molar-refractivity contribution in [2.75, 3.05) is 12.4 Å². The molecule has 90 valence electrons. The predicted molar refractivity (Wildman–Crippen MR) is 54.6 cm³/mol. The van der Waals surface area contributed by atoms with Crippen LogP contribution in [0, 0.1) is 0 Å². The SMILES string of the molecule is O=C(CCS)C(O)C(O)C(O)C(O)CO. The summed E-state index contributed by atoms with van der Waals surface area (Å²) >= 11 is 3.77. The maximum absolute atomic E-state index is 11.1. The first-order valence-electron chi connectivity index (χ1n) is 4.42. The number of Topliss-reactive ketones (excluding diaryl/α,β-unsaturated/α-hetero) is 1. The van der Waals surface area contributed by atoms with E-state index in [1.807, 2.05) is 0 Å². The van der Waals surface area contributed by atoms with Crippen LogP contribution in [0.15, 0.2) is 0 Å². The molecular formula is C8H16O6S. The van der Waals surface area contributed by atoms with E-state index in [9.17, 15) is 20.1 Å². The molecule has 0 bridgehead atoms. The summed E-state index contributed by atoms with van der Waals surface area (Å²) in [7, 11) is 0. The van der Waals surface area contributed by atoms with Gasteiger partial charge >= 0.3 is 0 Å². The molecule has 0 aromatic carbocycles. The highest BCUT2D eigenvalue weighted by atomic mass is 32.1. The van der Waals surface area contributed by atoms with Gasteiger partial charge in [0.15, 0.2) is 5.78 Å². The van der Waals surface area contributed by atoms with Crippen molar-refractivity contribution in [1.29, 1.82) is 0 Å². The average Bonchev–Trinajstić information content (AvgIpc) is 2.25. The summed E-state index contributed by atoms with van der Waals surface area (Å²) in [4.78, 5) is 11.1. The van der Waals surface area contributed by atoms with Crippen molar-refractivity contribution in [3.63, 3.8) is 0 Å². The van der Waals surface area contributed by atoms with E-state index >= 15 is 0 Å². The Morgan fingerprint density at radius 2 is 1.67 bits per heavy atom. The van der Waals surface area contributed by atoms with Crippen LogP contribution in [0.3, 0.4) is 0 Å². The average molecular weight is 240 g/mol. The number of hydrogen-bond donors (Lipinski definition) is 6. The number of aliphatic hydroxyl groups excluding tert-OH is 5. The maximum Gasteiger partial charge on any atom is 0.164 e. The van der Waals surface area contributed by atoms with Crippen LogP contribution in [0.2, 0.25) is 0 Å². The van der Waals surface area contributed by atoms with Gasteiger partial charge in [0.05, 0.1) is 6.61 Å². The number of thiol groups is 1. The summed E-state index contributed by atoms with van der Waals surface area (Å²) < 4.78 is 0. The molecular weight excluding hydrogens is 224 g/mol. The van der Waals surface area contributed by atoms with Crippen LogP contribution in [-0.2, 0) is 4.79 Å². The summed E-state index contributed by atoms with van der Waals surface area (Å²) in [6.07, 6.45) is -7.02. The van der Waals surface area contributed by atoms with Gasteiger partial charge in [-0.1, -0.05) is 0 Å². The number of hydrogen-bond acceptors (Lipinski definition) is 7. The zero-order valence-corrected chi connectivity index (χ0v) is 8.92. The molecule has 4 unspecified atom stereocenters. The Labute approximate surface area is 92.6 Å². The third kappa shape index (κ3) is 4.45. The molecule has 7 heteroatoms. The molecule has 0 radical (unpaired) electrons. The smallest absolute Gasteiger partial charge is 0.164 e. The Bertz CT molecular complexity index is 200. The number of carbonyl (C=O) groups is 1. The standard InChI is InChI=1S/C8H16O6S/c9-3-5(11)7(13)8(14)6(12)4(10)1-2-15/h5-9,11-15H,1-3H2. The zero-order valence-electron chi connectivity index (χ0n) is 8.02. The van der Waals surface area contributed by atoms with E-state index in [1.165, 1.54) is 0 Å². The van der Waals surface area contributed by atoms with Crippen molar-refractivity contribution in [3.8, 4) is 0 Å². The largest absolute Gasteiger partial charge is 0.394 e. The van der Waals surface area contributed by atoms with Gasteiger partial charge in [-0.25, -0.2) is 0 Å². The number of rotatable bonds is 7. The van der Waals surface area contributed by atoms with Crippen molar-refractivity contribution in [1.82, 2.24) is 0 Å². The third-order valence-electron chi connectivity index (χ3n) is 1.94. The van der Waals surface area contributed by atoms with Crippen LogP contribution in [0.25, 0.3) is 0 Å². The van der Waals surface area contributed by atoms with E-state index in [4.69, 9.17) is 10.2 Å². The molecule has 0 aromatic rings. The molecule has 0 rings (SSSR count). The fourth-order valence-corrected chi connectivity index (χ4v) is 1.19. The summed E-state index contributed by atoms with van der Waals surface area (Å²) in [5.74, 6) is -0.469. The van der Waals surface area contributed by atoms with Crippen molar-refractivity contribution < 1.29 is 30.3 Å². The van der Waals surface area contributed by atoms with Gasteiger partial charge < -0.3 is 25.5 Å². The molecule has 0 saturated carbocycles. The second kappa shape index (κ2) is 7.15. The van der Waals surface area contributed by atoms with E-state index < -0.39 is 36.8 Å². The Balaban J connectivity index is 4.29. The summed E-state index contributed by atoms with van der Waals surface area (Å²) in [5.41, 5.74) is 0. The second-order valence-corrected chi connectivity index (χ2v) is 3.56. The summed E-state index contributed by atoms with van der Waals surface area (Å²) in [5, 5.41) is 45.1. The molecule has 0 aliphatic heterocycles. The first kappa shape index (κ1) is 14.8. The third-order valence-corrected chi connectivity index (χ3v) is 2.17. The summed E-state index contributed by atoms with van der Waals surface area (Å²) in [6.45, 7) is -0.772. The van der Waals surface area contributed by atoms with E-state index in [2.05, 4.69) is 12.6 Å². The molecule has 4 atom stereocenters. The monoisotopic (exact) mass is 240 g/mol. The van der Waals surface area contributed by atoms with Crippen LogP contribution < -0.4 is 0 Å². The van der Waals surface area contributed by atoms with Gasteiger partial charge in [0.2, 0.25) is 0 Å². The quantitative estimate of drug-likeness (QED) is 0.270. The lowest BCUT2D eigenvalue weighted by atomic mass is 9.99. The fraction of sp³-hybridized carbons (Fsp3) is 0.875. The highest BCUT2D eigenvalue weighted by Gasteiger charge is 2.33. The van der Waals surface area contributed by atoms with Crippen molar-refractivity contribution >= 4 is 18.4 Å². The minimum absolute atomic E-state index is 0.0523. The molecule has 0 spiro atoms. The minimum atomic E-state index is -1.82. The maximum atomic E-state index is 11.1. The number of carbonyl (C=O) groups excluding carboxylic acids is 1. The van der Waals surface area contributed by atoms with Crippen LogP contribution in [0.5, 0.6) is 0 Å². The fourth-order valence-electron chi connectivity index (χ4n) is 0.971. The van der Waals surface area contributed by atoms with Gasteiger partial charge in [-0.05, 0) is 5.75 Å². The van der Waals surface area contributed by atoms with E-state index in [0.29, 0.717) is 0 Å². The zero-order chi connectivity index (χ0) is 12.0. The second-order valence-electron chi connectivity index (χ2n) is 3.12. The first-order valence-corrected chi connectivity index (χ1v) is 5.05. The number of aliphatic hydroxyl groups is 5. The van der Waals surface area contributed by atoms with Crippen LogP contribution >= 0.6 is 12.6 Å². The highest BCUT2D eigenvalue weighted by molar-refractivity contribution is 7.80. The molecule has 0 heterocycles. The lowest BCUT2D eigenvalue weighted by Crippen LogP contribution is -2.48. The van der Waals surface area contributed by atoms with Crippen LogP contribution in [0.4, 0.5) is 0 Å². The van der Waals surface area contributed by atoms with Crippen LogP contribution in [0.1, 0.15) is 6.42 Å². The van der Waals surface area contributed by atoms with Crippen molar-refractivity contribution in [2.45, 2.75) is 30.8 Å². The van der Waals surface area contributed by atoms with Crippen molar-refractivity contribution in [2.24, 2.45) is 0 Å². The molecule has 0 aliphatic rings. The van der Waals surface area contributed by atoms with Gasteiger partial charge in [0.25, 0.3) is 0 Å². The van der Waals surface area contributed by atoms with Crippen molar-refractivity contribution in [3.05, 3.63) is 0 Å². The molecule has 0 fully saturated rings. The van der Waals surface area contributed by atoms with E-state index in [-0.39, 0.29) is 12.2 Å².